The Morgan fingerprint density at radius 1 is 1.33 bits per heavy atom. The fourth-order valence-electron chi connectivity index (χ4n) is 1.86. The van der Waals surface area contributed by atoms with Crippen LogP contribution in [0.25, 0.3) is 0 Å². The highest BCUT2D eigenvalue weighted by molar-refractivity contribution is 5.95. The number of hydrogen-bond acceptors (Lipinski definition) is 5. The first-order valence-corrected chi connectivity index (χ1v) is 6.23. The van der Waals surface area contributed by atoms with Gasteiger partial charge in [-0.05, 0) is 36.8 Å². The highest BCUT2D eigenvalue weighted by Gasteiger charge is 2.17. The Labute approximate surface area is 121 Å². The Balaban J connectivity index is 2.17. The standard InChI is InChI=1S/C14H14N4O3/c1-9(10-4-6-16-7-5-10)17-14(19)11-2-3-12(15)13(8-11)18(20)21/h2-9H,15H2,1H3,(H,17,19)/t9-/m1/s1. The third kappa shape index (κ3) is 3.33. The van der Waals surface area contributed by atoms with Crippen molar-refractivity contribution >= 4 is 17.3 Å². The van der Waals surface area contributed by atoms with E-state index in [2.05, 4.69) is 10.3 Å². The van der Waals surface area contributed by atoms with Crippen LogP contribution in [0.3, 0.4) is 0 Å². The lowest BCUT2D eigenvalue weighted by Gasteiger charge is -2.14. The molecule has 1 amide bonds. The van der Waals surface area contributed by atoms with E-state index in [1.165, 1.54) is 18.2 Å². The summed E-state index contributed by atoms with van der Waals surface area (Å²) in [7, 11) is 0. The van der Waals surface area contributed by atoms with Gasteiger partial charge >= 0.3 is 0 Å². The van der Waals surface area contributed by atoms with Crippen molar-refractivity contribution in [2.75, 3.05) is 5.73 Å². The normalized spacial score (nSPS) is 11.7. The SMILES string of the molecule is C[C@@H](NC(=O)c1ccc(N)c([N+](=O)[O-])c1)c1ccncc1. The molecule has 1 aromatic carbocycles. The molecule has 7 heteroatoms. The molecule has 0 aliphatic rings. The minimum absolute atomic E-state index is 0.0266. The Kier molecular flexibility index (Phi) is 4.13. The van der Waals surface area contributed by atoms with Crippen LogP contribution in [0, 0.1) is 10.1 Å². The number of nitrogens with two attached hydrogens (primary N) is 1. The highest BCUT2D eigenvalue weighted by atomic mass is 16.6. The van der Waals surface area contributed by atoms with Gasteiger partial charge in [-0.2, -0.15) is 0 Å². The molecule has 0 saturated heterocycles. The molecule has 108 valence electrons. The Morgan fingerprint density at radius 3 is 2.62 bits per heavy atom. The van der Waals surface area contributed by atoms with E-state index < -0.39 is 10.8 Å². The third-order valence-corrected chi connectivity index (χ3v) is 3.04. The van der Waals surface area contributed by atoms with Gasteiger partial charge in [-0.3, -0.25) is 19.9 Å². The first kappa shape index (κ1) is 14.4. The fraction of sp³-hybridized carbons (Fsp3) is 0.143. The van der Waals surface area contributed by atoms with Crippen molar-refractivity contribution < 1.29 is 9.72 Å². The van der Waals surface area contributed by atoms with Crippen LogP contribution in [0.4, 0.5) is 11.4 Å². The number of carbonyl (C=O) groups is 1. The average Bonchev–Trinajstić information content (AvgIpc) is 2.48. The van der Waals surface area contributed by atoms with E-state index in [4.69, 9.17) is 5.73 Å². The van der Waals surface area contributed by atoms with Crippen molar-refractivity contribution in [1.29, 1.82) is 0 Å². The monoisotopic (exact) mass is 286 g/mol. The van der Waals surface area contributed by atoms with Crippen LogP contribution in [0.15, 0.2) is 42.7 Å². The number of pyridine rings is 1. The highest BCUT2D eigenvalue weighted by Crippen LogP contribution is 2.22. The van der Waals surface area contributed by atoms with E-state index >= 15 is 0 Å². The summed E-state index contributed by atoms with van der Waals surface area (Å²) in [6.45, 7) is 1.82. The van der Waals surface area contributed by atoms with Gasteiger partial charge in [0, 0.05) is 24.0 Å². The van der Waals surface area contributed by atoms with Gasteiger partial charge in [0.1, 0.15) is 5.69 Å². The smallest absolute Gasteiger partial charge is 0.292 e. The molecule has 0 aliphatic carbocycles. The summed E-state index contributed by atoms with van der Waals surface area (Å²) in [6, 6.07) is 7.31. The van der Waals surface area contributed by atoms with Gasteiger partial charge in [0.05, 0.1) is 11.0 Å². The maximum absolute atomic E-state index is 12.1. The zero-order valence-corrected chi connectivity index (χ0v) is 11.3. The van der Waals surface area contributed by atoms with Gasteiger partial charge in [-0.15, -0.1) is 0 Å². The molecule has 0 spiro atoms. The quantitative estimate of drug-likeness (QED) is 0.507. The predicted octanol–water partition coefficient (Wildman–Crippen LogP) is 2.06. The van der Waals surface area contributed by atoms with E-state index in [1.54, 1.807) is 24.5 Å². The maximum Gasteiger partial charge on any atom is 0.292 e. The largest absolute Gasteiger partial charge is 0.393 e. The van der Waals surface area contributed by atoms with Gasteiger partial charge in [0.15, 0.2) is 0 Å². The number of amides is 1. The van der Waals surface area contributed by atoms with Crippen molar-refractivity contribution in [3.63, 3.8) is 0 Å². The lowest BCUT2D eigenvalue weighted by molar-refractivity contribution is -0.383. The first-order valence-electron chi connectivity index (χ1n) is 6.23. The molecular formula is C14H14N4O3. The third-order valence-electron chi connectivity index (χ3n) is 3.04. The molecule has 21 heavy (non-hydrogen) atoms. The lowest BCUT2D eigenvalue weighted by Crippen LogP contribution is -2.26. The van der Waals surface area contributed by atoms with Gasteiger partial charge in [-0.1, -0.05) is 0 Å². The van der Waals surface area contributed by atoms with Crippen molar-refractivity contribution in [2.45, 2.75) is 13.0 Å². The maximum atomic E-state index is 12.1. The molecule has 2 aromatic rings. The number of carbonyl (C=O) groups excluding carboxylic acids is 1. The van der Waals surface area contributed by atoms with E-state index in [9.17, 15) is 14.9 Å². The number of rotatable bonds is 4. The zero-order chi connectivity index (χ0) is 15.4. The molecule has 2 rings (SSSR count). The molecule has 1 atom stereocenters. The van der Waals surface area contributed by atoms with Gasteiger partial charge in [0.2, 0.25) is 0 Å². The van der Waals surface area contributed by atoms with Crippen molar-refractivity contribution in [3.8, 4) is 0 Å². The van der Waals surface area contributed by atoms with Crippen LogP contribution in [-0.4, -0.2) is 15.8 Å². The second-order valence-electron chi connectivity index (χ2n) is 4.51. The summed E-state index contributed by atoms with van der Waals surface area (Å²) in [5.41, 5.74) is 6.33. The summed E-state index contributed by atoms with van der Waals surface area (Å²) in [5.74, 6) is -0.401. The fourth-order valence-corrected chi connectivity index (χ4v) is 1.86. The number of nitrogens with one attached hydrogen (secondary N) is 1. The number of nitro benzene ring substituents is 1. The zero-order valence-electron chi connectivity index (χ0n) is 11.3. The molecule has 7 nitrogen and oxygen atoms in total. The molecule has 0 bridgehead atoms. The summed E-state index contributed by atoms with van der Waals surface area (Å²) in [6.07, 6.45) is 3.26. The van der Waals surface area contributed by atoms with Crippen molar-refractivity contribution in [3.05, 3.63) is 64.0 Å². The number of nitrogens with zero attached hydrogens (tertiary/aromatic N) is 2. The van der Waals surface area contributed by atoms with Crippen LogP contribution in [-0.2, 0) is 0 Å². The van der Waals surface area contributed by atoms with E-state index in [-0.39, 0.29) is 23.0 Å². The van der Waals surface area contributed by atoms with Crippen molar-refractivity contribution in [1.82, 2.24) is 10.3 Å². The number of anilines is 1. The van der Waals surface area contributed by atoms with Crippen LogP contribution < -0.4 is 11.1 Å². The predicted molar refractivity (Wildman–Crippen MR) is 77.6 cm³/mol. The van der Waals surface area contributed by atoms with Crippen LogP contribution in [0.1, 0.15) is 28.9 Å². The number of hydrogen-bond donors (Lipinski definition) is 2. The lowest BCUT2D eigenvalue weighted by atomic mass is 10.1. The van der Waals surface area contributed by atoms with Crippen molar-refractivity contribution in [2.24, 2.45) is 0 Å². The molecule has 0 fully saturated rings. The number of nitro groups is 1. The van der Waals surface area contributed by atoms with Gasteiger partial charge in [-0.25, -0.2) is 0 Å². The number of nitrogen functional groups attached to an aromatic ring is 1. The molecule has 0 aliphatic heterocycles. The minimum atomic E-state index is -0.613. The topological polar surface area (TPSA) is 111 Å². The summed E-state index contributed by atoms with van der Waals surface area (Å²) < 4.78 is 0. The van der Waals surface area contributed by atoms with Crippen LogP contribution in [0.2, 0.25) is 0 Å². The molecule has 1 heterocycles. The number of aromatic nitrogens is 1. The van der Waals surface area contributed by atoms with Gasteiger partial charge < -0.3 is 11.1 Å². The first-order chi connectivity index (χ1) is 9.99. The molecular weight excluding hydrogens is 272 g/mol. The van der Waals surface area contributed by atoms with E-state index in [0.29, 0.717) is 0 Å². The van der Waals surface area contributed by atoms with E-state index in [0.717, 1.165) is 5.56 Å². The van der Waals surface area contributed by atoms with E-state index in [1.807, 2.05) is 6.92 Å². The number of benzene rings is 1. The molecule has 3 N–H and O–H groups in total. The second kappa shape index (κ2) is 6.00. The van der Waals surface area contributed by atoms with Crippen LogP contribution in [0.5, 0.6) is 0 Å². The Morgan fingerprint density at radius 2 is 2.00 bits per heavy atom. The molecule has 0 unspecified atom stereocenters. The average molecular weight is 286 g/mol. The second-order valence-corrected chi connectivity index (χ2v) is 4.51. The van der Waals surface area contributed by atoms with Crippen LogP contribution >= 0.6 is 0 Å². The molecule has 0 saturated carbocycles. The Hall–Kier alpha value is -2.96. The summed E-state index contributed by atoms with van der Waals surface area (Å²) in [5, 5.41) is 13.6. The summed E-state index contributed by atoms with van der Waals surface area (Å²) >= 11 is 0. The molecule has 0 radical (unpaired) electrons. The van der Waals surface area contributed by atoms with Gasteiger partial charge in [0.25, 0.3) is 11.6 Å². The summed E-state index contributed by atoms with van der Waals surface area (Å²) in [4.78, 5) is 26.2. The molecule has 1 aromatic heterocycles. The minimum Gasteiger partial charge on any atom is -0.393 e. The Bertz CT molecular complexity index is 673.